The van der Waals surface area contributed by atoms with E-state index in [4.69, 9.17) is 10.9 Å². The molecule has 1 atom stereocenters. The zero-order valence-electron chi connectivity index (χ0n) is 4.37. The highest BCUT2D eigenvalue weighted by molar-refractivity contribution is 5.81. The van der Waals surface area contributed by atoms with Crippen molar-refractivity contribution in [3.8, 4) is 0 Å². The van der Waals surface area contributed by atoms with Gasteiger partial charge in [0.15, 0.2) is 0 Å². The third-order valence-corrected chi connectivity index (χ3v) is 1.21. The molecule has 1 aliphatic heterocycles. The fourth-order valence-electron chi connectivity index (χ4n) is 0.686. The van der Waals surface area contributed by atoms with Gasteiger partial charge in [-0.2, -0.15) is 0 Å². The van der Waals surface area contributed by atoms with Gasteiger partial charge in [0.2, 0.25) is 0 Å². The van der Waals surface area contributed by atoms with Gasteiger partial charge in [-0.25, -0.2) is 5.84 Å². The first-order valence-corrected chi connectivity index (χ1v) is 2.46. The van der Waals surface area contributed by atoms with Crippen LogP contribution in [-0.2, 0) is 4.79 Å². The van der Waals surface area contributed by atoms with Gasteiger partial charge >= 0.3 is 0 Å². The van der Waals surface area contributed by atoms with Crippen LogP contribution in [0.15, 0.2) is 0 Å². The van der Waals surface area contributed by atoms with E-state index in [1.54, 1.807) is 0 Å². The standard InChI is InChI=1S/C4H8N2O2/c5-6-2-1-3(7)4(6)8/h3,7H,1-2,5H2/t3-/m1/s1. The summed E-state index contributed by atoms with van der Waals surface area (Å²) in [5, 5.41) is 9.73. The molecule has 0 aromatic rings. The number of nitrogens with zero attached hydrogens (tertiary/aromatic N) is 1. The van der Waals surface area contributed by atoms with E-state index < -0.39 is 6.10 Å². The van der Waals surface area contributed by atoms with Crippen LogP contribution >= 0.6 is 0 Å². The quantitative estimate of drug-likeness (QED) is 0.297. The molecule has 4 nitrogen and oxygen atoms in total. The second-order valence-corrected chi connectivity index (χ2v) is 1.84. The van der Waals surface area contributed by atoms with Crippen molar-refractivity contribution < 1.29 is 9.90 Å². The van der Waals surface area contributed by atoms with E-state index in [0.717, 1.165) is 5.01 Å². The number of rotatable bonds is 0. The van der Waals surface area contributed by atoms with Crippen molar-refractivity contribution in [2.45, 2.75) is 12.5 Å². The van der Waals surface area contributed by atoms with Crippen LogP contribution in [0.25, 0.3) is 0 Å². The smallest absolute Gasteiger partial charge is 0.265 e. The van der Waals surface area contributed by atoms with Gasteiger partial charge in [0.1, 0.15) is 6.10 Å². The van der Waals surface area contributed by atoms with Gasteiger partial charge in [-0.1, -0.05) is 0 Å². The predicted molar refractivity (Wildman–Crippen MR) is 26.5 cm³/mol. The number of hydrogen-bond donors (Lipinski definition) is 2. The largest absolute Gasteiger partial charge is 0.383 e. The van der Waals surface area contributed by atoms with Crippen LogP contribution in [0.2, 0.25) is 0 Å². The Bertz CT molecular complexity index is 103. The molecular weight excluding hydrogens is 108 g/mol. The zero-order chi connectivity index (χ0) is 6.15. The van der Waals surface area contributed by atoms with Crippen LogP contribution in [0.5, 0.6) is 0 Å². The zero-order valence-corrected chi connectivity index (χ0v) is 4.37. The molecule has 0 saturated carbocycles. The summed E-state index contributed by atoms with van der Waals surface area (Å²) in [5.74, 6) is 4.72. The third kappa shape index (κ3) is 0.677. The molecule has 3 N–H and O–H groups in total. The van der Waals surface area contributed by atoms with Gasteiger partial charge < -0.3 is 5.11 Å². The Balaban J connectivity index is 2.57. The molecule has 0 bridgehead atoms. The lowest BCUT2D eigenvalue weighted by Crippen LogP contribution is -2.35. The molecule has 1 amide bonds. The number of carbonyl (C=O) groups is 1. The van der Waals surface area contributed by atoms with E-state index >= 15 is 0 Å². The van der Waals surface area contributed by atoms with Crippen molar-refractivity contribution in [1.29, 1.82) is 0 Å². The monoisotopic (exact) mass is 116 g/mol. The van der Waals surface area contributed by atoms with Gasteiger partial charge in [-0.3, -0.25) is 9.80 Å². The molecular formula is C4H8N2O2. The Kier molecular flexibility index (Phi) is 1.19. The molecule has 1 aliphatic rings. The minimum Gasteiger partial charge on any atom is -0.383 e. The topological polar surface area (TPSA) is 66.6 Å². The molecule has 8 heavy (non-hydrogen) atoms. The summed E-state index contributed by atoms with van der Waals surface area (Å²) in [7, 11) is 0. The number of aliphatic hydroxyl groups excluding tert-OH is 1. The summed E-state index contributed by atoms with van der Waals surface area (Å²) in [5.41, 5.74) is 0. The van der Waals surface area contributed by atoms with E-state index in [1.807, 2.05) is 0 Å². The summed E-state index contributed by atoms with van der Waals surface area (Å²) >= 11 is 0. The molecule has 1 heterocycles. The minimum atomic E-state index is -0.847. The van der Waals surface area contributed by atoms with Crippen LogP contribution in [0.3, 0.4) is 0 Å². The van der Waals surface area contributed by atoms with Crippen LogP contribution in [0.1, 0.15) is 6.42 Å². The molecule has 46 valence electrons. The Morgan fingerprint density at radius 2 is 2.50 bits per heavy atom. The summed E-state index contributed by atoms with van der Waals surface area (Å²) in [6, 6.07) is 0. The van der Waals surface area contributed by atoms with Crippen LogP contribution in [0, 0.1) is 0 Å². The molecule has 0 unspecified atom stereocenters. The van der Waals surface area contributed by atoms with Crippen LogP contribution < -0.4 is 5.84 Å². The molecule has 0 aliphatic carbocycles. The van der Waals surface area contributed by atoms with Crippen molar-refractivity contribution in [3.05, 3.63) is 0 Å². The number of hydrogen-bond acceptors (Lipinski definition) is 3. The average molecular weight is 116 g/mol. The summed E-state index contributed by atoms with van der Waals surface area (Å²) in [6.07, 6.45) is -0.380. The van der Waals surface area contributed by atoms with Crippen LogP contribution in [0.4, 0.5) is 0 Å². The van der Waals surface area contributed by atoms with Crippen molar-refractivity contribution in [3.63, 3.8) is 0 Å². The summed E-state index contributed by atoms with van der Waals surface area (Å²) in [6.45, 7) is 0.472. The van der Waals surface area contributed by atoms with Gasteiger partial charge in [0.25, 0.3) is 5.91 Å². The molecule has 4 heteroatoms. The van der Waals surface area contributed by atoms with Gasteiger partial charge in [0.05, 0.1) is 0 Å². The van der Waals surface area contributed by atoms with Crippen molar-refractivity contribution in [2.75, 3.05) is 6.54 Å². The second-order valence-electron chi connectivity index (χ2n) is 1.84. The lowest BCUT2D eigenvalue weighted by atomic mass is 10.3. The lowest BCUT2D eigenvalue weighted by molar-refractivity contribution is -0.134. The molecule has 0 aromatic carbocycles. The van der Waals surface area contributed by atoms with Gasteiger partial charge in [-0.05, 0) is 0 Å². The van der Waals surface area contributed by atoms with E-state index in [2.05, 4.69) is 0 Å². The van der Waals surface area contributed by atoms with E-state index in [0.29, 0.717) is 13.0 Å². The Morgan fingerprint density at radius 1 is 1.88 bits per heavy atom. The fraction of sp³-hybridized carbons (Fsp3) is 0.750. The Labute approximate surface area is 46.9 Å². The SMILES string of the molecule is NN1CC[C@@H](O)C1=O. The number of aliphatic hydroxyl groups is 1. The molecule has 0 spiro atoms. The normalized spacial score (nSPS) is 29.5. The second kappa shape index (κ2) is 1.72. The maximum atomic E-state index is 10.5. The molecule has 0 aromatic heterocycles. The van der Waals surface area contributed by atoms with Crippen molar-refractivity contribution in [2.24, 2.45) is 5.84 Å². The van der Waals surface area contributed by atoms with Gasteiger partial charge in [0, 0.05) is 13.0 Å². The molecule has 0 radical (unpaired) electrons. The Morgan fingerprint density at radius 3 is 2.62 bits per heavy atom. The molecule has 1 saturated heterocycles. The van der Waals surface area contributed by atoms with E-state index in [1.165, 1.54) is 0 Å². The first-order chi connectivity index (χ1) is 3.72. The molecule has 1 rings (SSSR count). The van der Waals surface area contributed by atoms with Crippen molar-refractivity contribution >= 4 is 5.91 Å². The minimum absolute atomic E-state index is 0.370. The Hall–Kier alpha value is -0.610. The highest BCUT2D eigenvalue weighted by Gasteiger charge is 2.26. The first-order valence-electron chi connectivity index (χ1n) is 2.46. The number of amides is 1. The number of hydrazine groups is 1. The number of nitrogens with two attached hydrogens (primary N) is 1. The highest BCUT2D eigenvalue weighted by atomic mass is 16.3. The predicted octanol–water partition coefficient (Wildman–Crippen LogP) is -1.55. The summed E-state index contributed by atoms with van der Waals surface area (Å²) in [4.78, 5) is 10.5. The van der Waals surface area contributed by atoms with E-state index in [9.17, 15) is 4.79 Å². The van der Waals surface area contributed by atoms with E-state index in [-0.39, 0.29) is 5.91 Å². The van der Waals surface area contributed by atoms with Crippen molar-refractivity contribution in [1.82, 2.24) is 5.01 Å². The fourth-order valence-corrected chi connectivity index (χ4v) is 0.686. The molecule has 1 fully saturated rings. The average Bonchev–Trinajstić information content (AvgIpc) is 1.98. The number of carbonyl (C=O) groups excluding carboxylic acids is 1. The third-order valence-electron chi connectivity index (χ3n) is 1.21. The maximum absolute atomic E-state index is 10.5. The summed E-state index contributed by atoms with van der Waals surface area (Å²) < 4.78 is 0. The lowest BCUT2D eigenvalue weighted by Gasteiger charge is -2.04. The van der Waals surface area contributed by atoms with Crippen LogP contribution in [-0.4, -0.2) is 28.7 Å². The maximum Gasteiger partial charge on any atom is 0.265 e. The highest BCUT2D eigenvalue weighted by Crippen LogP contribution is 2.04. The first kappa shape index (κ1) is 5.53. The van der Waals surface area contributed by atoms with Gasteiger partial charge in [-0.15, -0.1) is 0 Å².